The van der Waals surface area contributed by atoms with Crippen LogP contribution >= 0.6 is 0 Å². The zero-order valence-electron chi connectivity index (χ0n) is 16.1. The van der Waals surface area contributed by atoms with E-state index in [1.165, 1.54) is 0 Å². The van der Waals surface area contributed by atoms with Gasteiger partial charge in [-0.05, 0) is 47.9 Å². The summed E-state index contributed by atoms with van der Waals surface area (Å²) < 4.78 is 11.3. The van der Waals surface area contributed by atoms with Gasteiger partial charge in [-0.3, -0.25) is 4.79 Å². The van der Waals surface area contributed by atoms with Crippen LogP contribution in [0.2, 0.25) is 0 Å². The van der Waals surface area contributed by atoms with Crippen LogP contribution in [-0.2, 0) is 6.54 Å². The van der Waals surface area contributed by atoms with Crippen molar-refractivity contribution in [1.29, 1.82) is 0 Å². The molecule has 1 N–H and O–H groups in total. The van der Waals surface area contributed by atoms with E-state index in [1.54, 1.807) is 11.2 Å². The Morgan fingerprint density at radius 1 is 1.07 bits per heavy atom. The molecule has 144 valence electrons. The second kappa shape index (κ2) is 7.80. The number of carbonyl (C=O) groups is 1. The van der Waals surface area contributed by atoms with E-state index >= 15 is 0 Å². The Morgan fingerprint density at radius 3 is 2.57 bits per heavy atom. The molecule has 0 bridgehead atoms. The second-order valence-corrected chi connectivity index (χ2v) is 7.38. The number of nitrogens with one attached hydrogen (secondary N) is 1. The summed E-state index contributed by atoms with van der Waals surface area (Å²) in [5, 5.41) is 3.50. The van der Waals surface area contributed by atoms with Crippen molar-refractivity contribution in [3.63, 3.8) is 0 Å². The third-order valence-electron chi connectivity index (χ3n) is 4.71. The van der Waals surface area contributed by atoms with Gasteiger partial charge in [-0.15, -0.1) is 0 Å². The number of anilines is 1. The number of rotatable bonds is 6. The first-order valence-corrected chi connectivity index (χ1v) is 9.53. The van der Waals surface area contributed by atoms with Gasteiger partial charge in [-0.1, -0.05) is 38.1 Å². The monoisotopic (exact) mass is 376 g/mol. The normalized spacial score (nSPS) is 16.0. The molecular formula is C23H24N2O3. The molecule has 3 aromatic rings. The molecule has 0 spiro atoms. The Kier molecular flexibility index (Phi) is 5.06. The van der Waals surface area contributed by atoms with Crippen molar-refractivity contribution in [1.82, 2.24) is 4.90 Å². The number of hydrogen-bond donors (Lipinski definition) is 1. The van der Waals surface area contributed by atoms with Crippen LogP contribution in [0.3, 0.4) is 0 Å². The maximum absolute atomic E-state index is 13.2. The van der Waals surface area contributed by atoms with Gasteiger partial charge in [0.1, 0.15) is 17.7 Å². The lowest BCUT2D eigenvalue weighted by atomic mass is 10.0. The van der Waals surface area contributed by atoms with Crippen LogP contribution < -0.4 is 10.1 Å². The van der Waals surface area contributed by atoms with Gasteiger partial charge >= 0.3 is 0 Å². The number of amides is 1. The summed E-state index contributed by atoms with van der Waals surface area (Å²) in [5.74, 6) is 2.03. The molecule has 0 fully saturated rings. The largest absolute Gasteiger partial charge is 0.493 e. The van der Waals surface area contributed by atoms with E-state index in [2.05, 4.69) is 19.2 Å². The highest BCUT2D eigenvalue weighted by Gasteiger charge is 2.33. The van der Waals surface area contributed by atoms with E-state index < -0.39 is 0 Å². The lowest BCUT2D eigenvalue weighted by Crippen LogP contribution is -2.42. The summed E-state index contributed by atoms with van der Waals surface area (Å²) in [6, 6.07) is 19.2. The minimum absolute atomic E-state index is 0.0177. The third kappa shape index (κ3) is 3.74. The maximum atomic E-state index is 13.2. The van der Waals surface area contributed by atoms with Crippen LogP contribution in [0.15, 0.2) is 71.3 Å². The highest BCUT2D eigenvalue weighted by atomic mass is 16.5. The number of carbonyl (C=O) groups excluding carboxylic acids is 1. The topological polar surface area (TPSA) is 54.7 Å². The van der Waals surface area contributed by atoms with Crippen LogP contribution in [0, 0.1) is 5.92 Å². The van der Waals surface area contributed by atoms with Crippen molar-refractivity contribution >= 4 is 11.6 Å². The molecule has 1 unspecified atom stereocenters. The van der Waals surface area contributed by atoms with Crippen molar-refractivity contribution in [2.75, 3.05) is 11.9 Å². The Morgan fingerprint density at radius 2 is 1.86 bits per heavy atom. The smallest absolute Gasteiger partial charge is 0.258 e. The number of benzene rings is 2. The highest BCUT2D eigenvalue weighted by Crippen LogP contribution is 2.34. The maximum Gasteiger partial charge on any atom is 0.258 e. The Hall–Kier alpha value is -3.21. The Labute approximate surface area is 164 Å². The summed E-state index contributed by atoms with van der Waals surface area (Å²) >= 11 is 0. The van der Waals surface area contributed by atoms with E-state index in [1.807, 2.05) is 60.7 Å². The van der Waals surface area contributed by atoms with Crippen LogP contribution in [-0.4, -0.2) is 17.4 Å². The molecule has 2 aromatic carbocycles. The average Bonchev–Trinajstić information content (AvgIpc) is 3.22. The Bertz CT molecular complexity index is 933. The van der Waals surface area contributed by atoms with Gasteiger partial charge < -0.3 is 19.4 Å². The molecule has 0 saturated heterocycles. The van der Waals surface area contributed by atoms with E-state index in [4.69, 9.17) is 9.15 Å². The molecule has 1 aromatic heterocycles. The minimum Gasteiger partial charge on any atom is -0.493 e. The van der Waals surface area contributed by atoms with Gasteiger partial charge in [-0.2, -0.15) is 0 Å². The molecule has 1 aliphatic heterocycles. The van der Waals surface area contributed by atoms with Crippen LogP contribution in [0.25, 0.3) is 0 Å². The quantitative estimate of drug-likeness (QED) is 0.652. The van der Waals surface area contributed by atoms with Crippen LogP contribution in [0.4, 0.5) is 5.69 Å². The van der Waals surface area contributed by atoms with Crippen LogP contribution in [0.1, 0.15) is 41.7 Å². The average molecular weight is 376 g/mol. The number of hydrogen-bond acceptors (Lipinski definition) is 4. The molecule has 1 atom stereocenters. The molecule has 5 heteroatoms. The van der Waals surface area contributed by atoms with Crippen molar-refractivity contribution < 1.29 is 13.9 Å². The van der Waals surface area contributed by atoms with Crippen molar-refractivity contribution in [3.8, 4) is 5.75 Å². The van der Waals surface area contributed by atoms with Gasteiger partial charge in [0.25, 0.3) is 5.91 Å². The van der Waals surface area contributed by atoms with Gasteiger partial charge in [0.15, 0.2) is 0 Å². The van der Waals surface area contributed by atoms with Crippen molar-refractivity contribution in [3.05, 3.63) is 83.8 Å². The molecule has 1 amide bonds. The molecule has 1 aliphatic rings. The second-order valence-electron chi connectivity index (χ2n) is 7.38. The zero-order chi connectivity index (χ0) is 19.5. The number of ether oxygens (including phenoxy) is 1. The number of furan rings is 1. The molecule has 0 aliphatic carbocycles. The highest BCUT2D eigenvalue weighted by molar-refractivity contribution is 6.01. The number of nitrogens with zero attached hydrogens (tertiary/aromatic N) is 1. The summed E-state index contributed by atoms with van der Waals surface area (Å²) in [7, 11) is 0. The van der Waals surface area contributed by atoms with E-state index in [0.29, 0.717) is 24.6 Å². The van der Waals surface area contributed by atoms with Gasteiger partial charge in [-0.25, -0.2) is 0 Å². The van der Waals surface area contributed by atoms with E-state index in [9.17, 15) is 4.79 Å². The predicted octanol–water partition coefficient (Wildman–Crippen LogP) is 5.08. The fourth-order valence-electron chi connectivity index (χ4n) is 3.30. The lowest BCUT2D eigenvalue weighted by Gasteiger charge is -2.37. The molecule has 2 heterocycles. The molecule has 4 rings (SSSR count). The molecular weight excluding hydrogens is 352 g/mol. The Balaban J connectivity index is 1.63. The summed E-state index contributed by atoms with van der Waals surface area (Å²) in [4.78, 5) is 15.0. The third-order valence-corrected chi connectivity index (χ3v) is 4.71. The lowest BCUT2D eigenvalue weighted by molar-refractivity contribution is 0.0651. The van der Waals surface area contributed by atoms with E-state index in [0.717, 1.165) is 22.8 Å². The standard InChI is InChI=1S/C23H24N2O3/c1-16(2)15-28-18-11-9-17(10-12-18)22-24-21-8-4-3-7-20(21)23(26)25(22)14-19-6-5-13-27-19/h3-13,16,22,24H,14-15H2,1-2H3. The van der Waals surface area contributed by atoms with Crippen LogP contribution in [0.5, 0.6) is 5.75 Å². The number of para-hydroxylation sites is 1. The summed E-state index contributed by atoms with van der Waals surface area (Å²) in [6.45, 7) is 5.31. The SMILES string of the molecule is CC(C)COc1ccc(C2Nc3ccccc3C(=O)N2Cc2ccco2)cc1. The fraction of sp³-hybridized carbons (Fsp3) is 0.261. The number of fused-ring (bicyclic) bond motifs is 1. The first-order valence-electron chi connectivity index (χ1n) is 9.53. The molecule has 28 heavy (non-hydrogen) atoms. The summed E-state index contributed by atoms with van der Waals surface area (Å²) in [6.07, 6.45) is 1.34. The minimum atomic E-state index is -0.286. The van der Waals surface area contributed by atoms with Gasteiger partial charge in [0.2, 0.25) is 0 Å². The molecule has 0 radical (unpaired) electrons. The predicted molar refractivity (Wildman–Crippen MR) is 108 cm³/mol. The summed E-state index contributed by atoms with van der Waals surface area (Å²) in [5.41, 5.74) is 2.50. The zero-order valence-corrected chi connectivity index (χ0v) is 16.1. The van der Waals surface area contributed by atoms with E-state index in [-0.39, 0.29) is 12.1 Å². The molecule has 0 saturated carbocycles. The van der Waals surface area contributed by atoms with Crippen molar-refractivity contribution in [2.24, 2.45) is 5.92 Å². The first-order chi connectivity index (χ1) is 13.6. The fourth-order valence-corrected chi connectivity index (χ4v) is 3.30. The van der Waals surface area contributed by atoms with Crippen molar-refractivity contribution in [2.45, 2.75) is 26.6 Å². The van der Waals surface area contributed by atoms with Gasteiger partial charge in [0.05, 0.1) is 25.0 Å². The first kappa shape index (κ1) is 18.2. The molecule has 5 nitrogen and oxygen atoms in total. The van der Waals surface area contributed by atoms with Gasteiger partial charge in [0, 0.05) is 5.69 Å².